The largest absolute Gasteiger partial charge is 0.313 e. The molecule has 2 rings (SSSR count). The number of hydrogen-bond donors (Lipinski definition) is 1. The second-order valence-electron chi connectivity index (χ2n) is 3.60. The first kappa shape index (κ1) is 9.94. The van der Waals surface area contributed by atoms with Crippen LogP contribution in [0.25, 0.3) is 6.08 Å². The van der Waals surface area contributed by atoms with E-state index in [2.05, 4.69) is 45.5 Å². The lowest BCUT2D eigenvalue weighted by molar-refractivity contribution is 0.613. The number of benzene rings is 1. The van der Waals surface area contributed by atoms with Gasteiger partial charge in [-0.25, -0.2) is 0 Å². The van der Waals surface area contributed by atoms with E-state index in [4.69, 9.17) is 0 Å². The van der Waals surface area contributed by atoms with Crippen LogP contribution >= 0.6 is 15.9 Å². The lowest BCUT2D eigenvalue weighted by atomic mass is 10.0. The monoisotopic (exact) mass is 251 g/mol. The third-order valence-electron chi connectivity index (χ3n) is 2.47. The van der Waals surface area contributed by atoms with Crippen LogP contribution in [0, 0.1) is 0 Å². The van der Waals surface area contributed by atoms with Crippen molar-refractivity contribution in [1.29, 1.82) is 0 Å². The van der Waals surface area contributed by atoms with E-state index in [-0.39, 0.29) is 0 Å². The summed E-state index contributed by atoms with van der Waals surface area (Å²) in [6.45, 7) is 2.20. The number of nitrogens with one attached hydrogen (secondary N) is 1. The highest BCUT2D eigenvalue weighted by atomic mass is 79.9. The molecule has 14 heavy (non-hydrogen) atoms. The van der Waals surface area contributed by atoms with Gasteiger partial charge in [-0.3, -0.25) is 0 Å². The predicted molar refractivity (Wildman–Crippen MR) is 64.2 cm³/mol. The third-order valence-corrected chi connectivity index (χ3v) is 3.19. The topological polar surface area (TPSA) is 12.0 Å². The predicted octanol–water partition coefficient (Wildman–Crippen LogP) is 3.22. The first-order valence-corrected chi connectivity index (χ1v) is 5.80. The fourth-order valence-corrected chi connectivity index (χ4v) is 2.11. The Labute approximate surface area is 93.3 Å². The highest BCUT2D eigenvalue weighted by Crippen LogP contribution is 2.20. The molecule has 1 aliphatic heterocycles. The molecular weight excluding hydrogens is 238 g/mol. The lowest BCUT2D eigenvalue weighted by Crippen LogP contribution is -2.23. The van der Waals surface area contributed by atoms with Gasteiger partial charge in [0.25, 0.3) is 0 Å². The fraction of sp³-hybridized carbons (Fsp3) is 0.333. The number of rotatable bonds is 1. The van der Waals surface area contributed by atoms with E-state index in [1.54, 1.807) is 0 Å². The van der Waals surface area contributed by atoms with Crippen LogP contribution in [0.4, 0.5) is 0 Å². The van der Waals surface area contributed by atoms with Crippen molar-refractivity contribution in [3.05, 3.63) is 39.9 Å². The molecule has 0 atom stereocenters. The van der Waals surface area contributed by atoms with E-state index in [9.17, 15) is 0 Å². The molecule has 1 aromatic rings. The van der Waals surface area contributed by atoms with Gasteiger partial charge >= 0.3 is 0 Å². The smallest absolute Gasteiger partial charge is 0.0247 e. The molecule has 1 aromatic carbocycles. The third kappa shape index (κ3) is 2.46. The number of halogens is 1. The van der Waals surface area contributed by atoms with E-state index < -0.39 is 0 Å². The van der Waals surface area contributed by atoms with E-state index in [0.717, 1.165) is 13.1 Å². The lowest BCUT2D eigenvalue weighted by Gasteiger charge is -2.15. The molecule has 0 amide bonds. The van der Waals surface area contributed by atoms with Gasteiger partial charge in [-0.15, -0.1) is 0 Å². The van der Waals surface area contributed by atoms with Gasteiger partial charge in [0.2, 0.25) is 0 Å². The summed E-state index contributed by atoms with van der Waals surface area (Å²) in [4.78, 5) is 0. The molecule has 0 aliphatic carbocycles. The number of piperidine rings is 1. The quantitative estimate of drug-likeness (QED) is 0.809. The van der Waals surface area contributed by atoms with E-state index in [1.165, 1.54) is 28.5 Å². The zero-order chi connectivity index (χ0) is 9.80. The van der Waals surface area contributed by atoms with Crippen molar-refractivity contribution in [2.75, 3.05) is 13.1 Å². The normalized spacial score (nSPS) is 19.9. The van der Waals surface area contributed by atoms with Crippen molar-refractivity contribution in [3.8, 4) is 0 Å². The van der Waals surface area contributed by atoms with Crippen molar-refractivity contribution in [1.82, 2.24) is 5.32 Å². The molecule has 2 heteroatoms. The first-order valence-electron chi connectivity index (χ1n) is 5.01. The van der Waals surface area contributed by atoms with Crippen LogP contribution in [0.2, 0.25) is 0 Å². The van der Waals surface area contributed by atoms with Crippen LogP contribution in [-0.2, 0) is 0 Å². The van der Waals surface area contributed by atoms with Gasteiger partial charge in [0.1, 0.15) is 0 Å². The minimum atomic E-state index is 1.04. The highest BCUT2D eigenvalue weighted by Gasteiger charge is 2.04. The molecule has 0 spiro atoms. The molecule has 74 valence electrons. The van der Waals surface area contributed by atoms with Crippen molar-refractivity contribution in [2.45, 2.75) is 12.8 Å². The Kier molecular flexibility index (Phi) is 3.38. The second kappa shape index (κ2) is 4.76. The molecule has 0 unspecified atom stereocenters. The molecular formula is C12H14BrN. The standard InChI is InChI=1S/C12H14BrN/c13-12-6-2-1-5-11(12)8-10-4-3-7-14-9-10/h1-2,5-6,8,14H,3-4,7,9H2. The average Bonchev–Trinajstić information content (AvgIpc) is 2.23. The van der Waals surface area contributed by atoms with Crippen LogP contribution in [0.15, 0.2) is 34.3 Å². The Hall–Kier alpha value is -0.600. The zero-order valence-corrected chi connectivity index (χ0v) is 9.68. The Morgan fingerprint density at radius 2 is 2.14 bits per heavy atom. The van der Waals surface area contributed by atoms with Gasteiger partial charge in [-0.1, -0.05) is 45.8 Å². The first-order chi connectivity index (χ1) is 6.86. The summed E-state index contributed by atoms with van der Waals surface area (Å²) in [6, 6.07) is 8.35. The van der Waals surface area contributed by atoms with Gasteiger partial charge in [0, 0.05) is 11.0 Å². The van der Waals surface area contributed by atoms with E-state index in [0.29, 0.717) is 0 Å². The van der Waals surface area contributed by atoms with Gasteiger partial charge in [-0.05, 0) is 31.0 Å². The van der Waals surface area contributed by atoms with Crippen LogP contribution in [0.5, 0.6) is 0 Å². The zero-order valence-electron chi connectivity index (χ0n) is 8.09. The molecule has 0 bridgehead atoms. The molecule has 0 aromatic heterocycles. The van der Waals surface area contributed by atoms with Crippen molar-refractivity contribution < 1.29 is 0 Å². The fourth-order valence-electron chi connectivity index (χ4n) is 1.71. The van der Waals surface area contributed by atoms with Crippen molar-refractivity contribution in [3.63, 3.8) is 0 Å². The molecule has 1 aliphatic rings. The summed E-state index contributed by atoms with van der Waals surface area (Å²) in [7, 11) is 0. The summed E-state index contributed by atoms with van der Waals surface area (Å²) in [6.07, 6.45) is 4.78. The summed E-state index contributed by atoms with van der Waals surface area (Å²) in [5, 5.41) is 3.39. The van der Waals surface area contributed by atoms with Crippen LogP contribution in [0.1, 0.15) is 18.4 Å². The van der Waals surface area contributed by atoms with Crippen LogP contribution < -0.4 is 5.32 Å². The number of hydrogen-bond acceptors (Lipinski definition) is 1. The molecule has 1 saturated heterocycles. The van der Waals surface area contributed by atoms with Gasteiger partial charge in [-0.2, -0.15) is 0 Å². The summed E-state index contributed by atoms with van der Waals surface area (Å²) >= 11 is 3.56. The summed E-state index contributed by atoms with van der Waals surface area (Å²) in [5.41, 5.74) is 2.79. The molecule has 1 heterocycles. The molecule has 0 saturated carbocycles. The SMILES string of the molecule is Brc1ccccc1C=C1CCCNC1. The Morgan fingerprint density at radius 1 is 1.29 bits per heavy atom. The van der Waals surface area contributed by atoms with Gasteiger partial charge < -0.3 is 5.32 Å². The maximum Gasteiger partial charge on any atom is 0.0247 e. The molecule has 1 nitrogen and oxygen atoms in total. The van der Waals surface area contributed by atoms with Gasteiger partial charge in [0.05, 0.1) is 0 Å². The Balaban J connectivity index is 2.19. The summed E-state index contributed by atoms with van der Waals surface area (Å²) in [5.74, 6) is 0. The maximum absolute atomic E-state index is 3.56. The molecule has 1 N–H and O–H groups in total. The highest BCUT2D eigenvalue weighted by molar-refractivity contribution is 9.10. The second-order valence-corrected chi connectivity index (χ2v) is 4.46. The minimum absolute atomic E-state index is 1.04. The van der Waals surface area contributed by atoms with Crippen molar-refractivity contribution in [2.24, 2.45) is 0 Å². The Morgan fingerprint density at radius 3 is 2.86 bits per heavy atom. The minimum Gasteiger partial charge on any atom is -0.313 e. The molecule has 0 radical (unpaired) electrons. The van der Waals surface area contributed by atoms with Gasteiger partial charge in [0.15, 0.2) is 0 Å². The van der Waals surface area contributed by atoms with E-state index in [1.807, 2.05) is 6.07 Å². The van der Waals surface area contributed by atoms with E-state index >= 15 is 0 Å². The maximum atomic E-state index is 3.56. The average molecular weight is 252 g/mol. The van der Waals surface area contributed by atoms with Crippen LogP contribution in [0.3, 0.4) is 0 Å². The molecule has 1 fully saturated rings. The summed E-state index contributed by atoms with van der Waals surface area (Å²) < 4.78 is 1.18. The van der Waals surface area contributed by atoms with Crippen molar-refractivity contribution >= 4 is 22.0 Å². The Bertz CT molecular complexity index is 336. The van der Waals surface area contributed by atoms with Crippen LogP contribution in [-0.4, -0.2) is 13.1 Å².